The number of hydrogen-bond donors (Lipinski definition) is 3. The van der Waals surface area contributed by atoms with E-state index in [9.17, 15) is 15.0 Å². The lowest BCUT2D eigenvalue weighted by molar-refractivity contribution is -0.0299. The SMILES string of the molecule is CC1OC(n2cnc3c(=O)[nH]cnc32)C(O)C1O. The third-order valence-corrected chi connectivity index (χ3v) is 3.12. The summed E-state index contributed by atoms with van der Waals surface area (Å²) in [6, 6.07) is 0. The molecule has 0 radical (unpaired) electrons. The van der Waals surface area contributed by atoms with Crippen LogP contribution in [-0.2, 0) is 4.74 Å². The molecule has 1 fully saturated rings. The van der Waals surface area contributed by atoms with Crippen molar-refractivity contribution >= 4 is 11.2 Å². The number of fused-ring (bicyclic) bond motifs is 1. The Hall–Kier alpha value is -1.77. The quantitative estimate of drug-likeness (QED) is 0.585. The van der Waals surface area contributed by atoms with E-state index in [1.165, 1.54) is 17.2 Å². The molecule has 0 amide bonds. The second kappa shape index (κ2) is 3.87. The van der Waals surface area contributed by atoms with Crippen LogP contribution in [0.1, 0.15) is 13.2 Å². The van der Waals surface area contributed by atoms with Crippen LogP contribution in [0.3, 0.4) is 0 Å². The maximum absolute atomic E-state index is 11.5. The van der Waals surface area contributed by atoms with Crippen LogP contribution < -0.4 is 5.56 Å². The van der Waals surface area contributed by atoms with Crippen LogP contribution in [0.2, 0.25) is 0 Å². The van der Waals surface area contributed by atoms with Crippen LogP contribution in [0, 0.1) is 0 Å². The fourth-order valence-corrected chi connectivity index (χ4v) is 2.11. The maximum atomic E-state index is 11.5. The normalized spacial score (nSPS) is 32.2. The predicted octanol–water partition coefficient (Wildman–Crippen LogP) is -1.24. The van der Waals surface area contributed by atoms with E-state index in [4.69, 9.17) is 4.74 Å². The molecule has 0 saturated carbocycles. The zero-order chi connectivity index (χ0) is 12.9. The molecule has 1 aliphatic rings. The number of imidazole rings is 1. The van der Waals surface area contributed by atoms with Gasteiger partial charge in [0.25, 0.3) is 5.56 Å². The zero-order valence-corrected chi connectivity index (χ0v) is 9.52. The molecule has 0 aliphatic carbocycles. The van der Waals surface area contributed by atoms with Crippen molar-refractivity contribution in [1.82, 2.24) is 19.5 Å². The minimum atomic E-state index is -1.08. The van der Waals surface area contributed by atoms with Crippen LogP contribution >= 0.6 is 0 Å². The number of rotatable bonds is 1. The molecule has 0 bridgehead atoms. The number of aliphatic hydroxyl groups excluding tert-OH is 2. The summed E-state index contributed by atoms with van der Waals surface area (Å²) in [5.41, 5.74) is 0.117. The number of nitrogens with one attached hydrogen (secondary N) is 1. The van der Waals surface area contributed by atoms with E-state index >= 15 is 0 Å². The highest BCUT2D eigenvalue weighted by Gasteiger charge is 2.41. The highest BCUT2D eigenvalue weighted by molar-refractivity contribution is 5.68. The molecule has 3 heterocycles. The summed E-state index contributed by atoms with van der Waals surface area (Å²) in [5.74, 6) is 0. The van der Waals surface area contributed by atoms with Crippen LogP contribution in [0.25, 0.3) is 11.2 Å². The van der Waals surface area contributed by atoms with E-state index in [2.05, 4.69) is 15.0 Å². The van der Waals surface area contributed by atoms with Crippen molar-refractivity contribution in [2.24, 2.45) is 0 Å². The van der Waals surface area contributed by atoms with Gasteiger partial charge in [0.1, 0.15) is 12.2 Å². The molecule has 4 atom stereocenters. The summed E-state index contributed by atoms with van der Waals surface area (Å²) in [6.07, 6.45) is -0.734. The molecule has 1 saturated heterocycles. The zero-order valence-electron chi connectivity index (χ0n) is 9.52. The minimum absolute atomic E-state index is 0.169. The third kappa shape index (κ3) is 1.47. The minimum Gasteiger partial charge on any atom is -0.388 e. The molecule has 96 valence electrons. The summed E-state index contributed by atoms with van der Waals surface area (Å²) in [4.78, 5) is 21.8. The van der Waals surface area contributed by atoms with Crippen LogP contribution in [0.5, 0.6) is 0 Å². The van der Waals surface area contributed by atoms with Crippen molar-refractivity contribution in [2.45, 2.75) is 31.5 Å². The fourth-order valence-electron chi connectivity index (χ4n) is 2.11. The van der Waals surface area contributed by atoms with Gasteiger partial charge in [-0.3, -0.25) is 9.36 Å². The number of aliphatic hydroxyl groups is 2. The average molecular weight is 252 g/mol. The first-order valence-electron chi connectivity index (χ1n) is 5.51. The van der Waals surface area contributed by atoms with Crippen molar-refractivity contribution < 1.29 is 14.9 Å². The standard InChI is InChI=1S/C10H12N4O4/c1-4-6(15)7(16)10(18-4)14-3-13-5-8(14)11-2-12-9(5)17/h2-4,6-7,10,15-16H,1H3,(H,11,12,17). The molecule has 8 nitrogen and oxygen atoms in total. The molecular weight excluding hydrogens is 240 g/mol. The molecule has 1 aliphatic heterocycles. The molecule has 2 aromatic rings. The second-order valence-electron chi connectivity index (χ2n) is 4.27. The Balaban J connectivity index is 2.11. The molecule has 8 heteroatoms. The second-order valence-corrected chi connectivity index (χ2v) is 4.27. The Bertz CT molecular complexity index is 636. The maximum Gasteiger partial charge on any atom is 0.278 e. The number of ether oxygens (including phenoxy) is 1. The van der Waals surface area contributed by atoms with Gasteiger partial charge in [0, 0.05) is 0 Å². The average Bonchev–Trinajstić information content (AvgIpc) is 2.88. The van der Waals surface area contributed by atoms with E-state index in [0.29, 0.717) is 5.65 Å². The summed E-state index contributed by atoms with van der Waals surface area (Å²) in [6.45, 7) is 1.66. The molecule has 2 aromatic heterocycles. The monoisotopic (exact) mass is 252 g/mol. The van der Waals surface area contributed by atoms with E-state index in [1.807, 2.05) is 0 Å². The molecule has 0 aromatic carbocycles. The number of aromatic nitrogens is 4. The van der Waals surface area contributed by atoms with Gasteiger partial charge in [0.15, 0.2) is 17.4 Å². The lowest BCUT2D eigenvalue weighted by Crippen LogP contribution is -2.30. The molecule has 3 N–H and O–H groups in total. The van der Waals surface area contributed by atoms with Crippen molar-refractivity contribution in [2.75, 3.05) is 0 Å². The Labute approximate surface area is 101 Å². The van der Waals surface area contributed by atoms with E-state index in [1.54, 1.807) is 6.92 Å². The lowest BCUT2D eigenvalue weighted by Gasteiger charge is -2.16. The van der Waals surface area contributed by atoms with Crippen molar-refractivity contribution in [3.05, 3.63) is 23.0 Å². The molecule has 3 rings (SSSR count). The van der Waals surface area contributed by atoms with E-state index < -0.39 is 24.5 Å². The van der Waals surface area contributed by atoms with Gasteiger partial charge < -0.3 is 19.9 Å². The van der Waals surface area contributed by atoms with Gasteiger partial charge in [-0.15, -0.1) is 0 Å². The molecular formula is C10H12N4O4. The lowest BCUT2D eigenvalue weighted by atomic mass is 10.1. The summed E-state index contributed by atoms with van der Waals surface area (Å²) < 4.78 is 6.90. The largest absolute Gasteiger partial charge is 0.388 e. The first-order chi connectivity index (χ1) is 8.59. The van der Waals surface area contributed by atoms with Gasteiger partial charge in [0.05, 0.1) is 18.8 Å². The molecule has 18 heavy (non-hydrogen) atoms. The fraction of sp³-hybridized carbons (Fsp3) is 0.500. The van der Waals surface area contributed by atoms with Gasteiger partial charge in [-0.05, 0) is 6.92 Å². The highest BCUT2D eigenvalue weighted by Crippen LogP contribution is 2.30. The van der Waals surface area contributed by atoms with E-state index in [0.717, 1.165) is 0 Å². The van der Waals surface area contributed by atoms with Crippen LogP contribution in [-0.4, -0.2) is 48.0 Å². The Kier molecular flexibility index (Phi) is 2.44. The summed E-state index contributed by atoms with van der Waals surface area (Å²) >= 11 is 0. The van der Waals surface area contributed by atoms with Gasteiger partial charge >= 0.3 is 0 Å². The van der Waals surface area contributed by atoms with Crippen LogP contribution in [0.15, 0.2) is 17.4 Å². The number of aromatic amines is 1. The van der Waals surface area contributed by atoms with Crippen molar-refractivity contribution in [3.8, 4) is 0 Å². The predicted molar refractivity (Wildman–Crippen MR) is 59.7 cm³/mol. The number of H-pyrrole nitrogens is 1. The highest BCUT2D eigenvalue weighted by atomic mass is 16.6. The first kappa shape index (κ1) is 11.3. The number of hydrogen-bond acceptors (Lipinski definition) is 6. The number of nitrogens with zero attached hydrogens (tertiary/aromatic N) is 3. The van der Waals surface area contributed by atoms with E-state index in [-0.39, 0.29) is 11.1 Å². The Morgan fingerprint density at radius 1 is 1.39 bits per heavy atom. The third-order valence-electron chi connectivity index (χ3n) is 3.12. The first-order valence-corrected chi connectivity index (χ1v) is 5.51. The van der Waals surface area contributed by atoms with Gasteiger partial charge in [-0.1, -0.05) is 0 Å². The van der Waals surface area contributed by atoms with Gasteiger partial charge in [-0.25, -0.2) is 9.97 Å². The molecule has 4 unspecified atom stereocenters. The topological polar surface area (TPSA) is 113 Å². The Morgan fingerprint density at radius 2 is 2.17 bits per heavy atom. The smallest absolute Gasteiger partial charge is 0.278 e. The van der Waals surface area contributed by atoms with Gasteiger partial charge in [0.2, 0.25) is 0 Å². The van der Waals surface area contributed by atoms with Crippen molar-refractivity contribution in [1.29, 1.82) is 0 Å². The molecule has 0 spiro atoms. The Morgan fingerprint density at radius 3 is 2.83 bits per heavy atom. The summed E-state index contributed by atoms with van der Waals surface area (Å²) in [7, 11) is 0. The van der Waals surface area contributed by atoms with Crippen molar-refractivity contribution in [3.63, 3.8) is 0 Å². The summed E-state index contributed by atoms with van der Waals surface area (Å²) in [5, 5.41) is 19.6. The van der Waals surface area contributed by atoms with Gasteiger partial charge in [-0.2, -0.15) is 0 Å². The van der Waals surface area contributed by atoms with Crippen LogP contribution in [0.4, 0.5) is 0 Å².